The van der Waals surface area contributed by atoms with E-state index in [1.807, 2.05) is 12.1 Å². The normalized spacial score (nSPS) is 22.2. The zero-order valence-electron chi connectivity index (χ0n) is 9.10. The van der Waals surface area contributed by atoms with Gasteiger partial charge in [0.15, 0.2) is 0 Å². The van der Waals surface area contributed by atoms with Crippen molar-refractivity contribution in [2.75, 3.05) is 26.3 Å². The second kappa shape index (κ2) is 5.77. The Hall–Kier alpha value is -0.420. The maximum atomic E-state index is 9.07. The average molecular weight is 286 g/mol. The first-order valence-electron chi connectivity index (χ1n) is 5.48. The minimum Gasteiger partial charge on any atom is -0.394 e. The van der Waals surface area contributed by atoms with Crippen LogP contribution in [0.25, 0.3) is 0 Å². The summed E-state index contributed by atoms with van der Waals surface area (Å²) in [5.41, 5.74) is 1.28. The Bertz CT molecular complexity index is 346. The topological polar surface area (TPSA) is 32.7 Å². The zero-order chi connectivity index (χ0) is 11.4. The van der Waals surface area contributed by atoms with E-state index >= 15 is 0 Å². The van der Waals surface area contributed by atoms with Crippen molar-refractivity contribution in [3.63, 3.8) is 0 Å². The highest BCUT2D eigenvalue weighted by Crippen LogP contribution is 2.18. The summed E-state index contributed by atoms with van der Waals surface area (Å²) in [6, 6.07) is 8.24. The minimum absolute atomic E-state index is 0.0313. The summed E-state index contributed by atoms with van der Waals surface area (Å²) in [5, 5.41) is 9.07. The van der Waals surface area contributed by atoms with Crippen molar-refractivity contribution in [2.24, 2.45) is 0 Å². The molecule has 1 saturated heterocycles. The third-order valence-electron chi connectivity index (χ3n) is 2.78. The number of nitrogens with zero attached hydrogens (tertiary/aromatic N) is 1. The number of morpholine rings is 1. The van der Waals surface area contributed by atoms with Crippen LogP contribution in [0.5, 0.6) is 0 Å². The minimum atomic E-state index is -0.0313. The van der Waals surface area contributed by atoms with Crippen LogP contribution in [0.4, 0.5) is 0 Å². The van der Waals surface area contributed by atoms with E-state index in [0.29, 0.717) is 6.61 Å². The molecule has 88 valence electrons. The molecule has 1 aromatic rings. The molecule has 1 aliphatic rings. The van der Waals surface area contributed by atoms with Crippen LogP contribution in [0, 0.1) is 0 Å². The number of hydrogen-bond donors (Lipinski definition) is 1. The average Bonchev–Trinajstić information content (AvgIpc) is 2.32. The monoisotopic (exact) mass is 285 g/mol. The van der Waals surface area contributed by atoms with Crippen LogP contribution in [0.1, 0.15) is 5.56 Å². The van der Waals surface area contributed by atoms with E-state index in [2.05, 4.69) is 33.0 Å². The maximum Gasteiger partial charge on any atom is 0.0933 e. The lowest BCUT2D eigenvalue weighted by molar-refractivity contribution is -0.0551. The molecule has 0 aliphatic carbocycles. The number of hydrogen-bond acceptors (Lipinski definition) is 3. The van der Waals surface area contributed by atoms with E-state index in [9.17, 15) is 0 Å². The Morgan fingerprint density at radius 2 is 2.25 bits per heavy atom. The first-order valence-corrected chi connectivity index (χ1v) is 6.27. The quantitative estimate of drug-likeness (QED) is 0.917. The smallest absolute Gasteiger partial charge is 0.0933 e. The van der Waals surface area contributed by atoms with Crippen LogP contribution in [0.15, 0.2) is 28.7 Å². The Kier molecular flexibility index (Phi) is 4.35. The van der Waals surface area contributed by atoms with Gasteiger partial charge in [0.1, 0.15) is 0 Å². The number of ether oxygens (including phenoxy) is 1. The second-order valence-electron chi connectivity index (χ2n) is 4.00. The van der Waals surface area contributed by atoms with E-state index in [1.54, 1.807) is 0 Å². The lowest BCUT2D eigenvalue weighted by Gasteiger charge is -2.32. The van der Waals surface area contributed by atoms with Crippen LogP contribution in [-0.4, -0.2) is 42.4 Å². The van der Waals surface area contributed by atoms with Crippen LogP contribution in [-0.2, 0) is 11.3 Å². The second-order valence-corrected chi connectivity index (χ2v) is 4.86. The van der Waals surface area contributed by atoms with Gasteiger partial charge in [0.05, 0.1) is 19.3 Å². The summed E-state index contributed by atoms with van der Waals surface area (Å²) < 4.78 is 6.56. The summed E-state index contributed by atoms with van der Waals surface area (Å²) in [5.74, 6) is 0. The molecule has 2 rings (SSSR count). The molecular weight excluding hydrogens is 270 g/mol. The highest BCUT2D eigenvalue weighted by Gasteiger charge is 2.19. The van der Waals surface area contributed by atoms with Crippen molar-refractivity contribution in [1.29, 1.82) is 0 Å². The van der Waals surface area contributed by atoms with Gasteiger partial charge in [0.2, 0.25) is 0 Å². The van der Waals surface area contributed by atoms with Gasteiger partial charge in [0.25, 0.3) is 0 Å². The van der Waals surface area contributed by atoms with Crippen molar-refractivity contribution in [3.8, 4) is 0 Å². The molecule has 1 aromatic carbocycles. The summed E-state index contributed by atoms with van der Waals surface area (Å²) in [6.07, 6.45) is -0.0313. The molecule has 0 spiro atoms. The maximum absolute atomic E-state index is 9.07. The summed E-state index contributed by atoms with van der Waals surface area (Å²) in [4.78, 5) is 2.31. The molecule has 0 bridgehead atoms. The fourth-order valence-corrected chi connectivity index (χ4v) is 2.31. The fraction of sp³-hybridized carbons (Fsp3) is 0.500. The number of halogens is 1. The molecule has 1 atom stereocenters. The number of rotatable bonds is 3. The summed E-state index contributed by atoms with van der Waals surface area (Å²) >= 11 is 3.55. The van der Waals surface area contributed by atoms with E-state index in [-0.39, 0.29) is 12.7 Å². The molecule has 1 fully saturated rings. The molecule has 1 unspecified atom stereocenters. The van der Waals surface area contributed by atoms with Gasteiger partial charge in [-0.25, -0.2) is 0 Å². The lowest BCUT2D eigenvalue weighted by atomic mass is 10.2. The van der Waals surface area contributed by atoms with Crippen LogP contribution < -0.4 is 0 Å². The largest absolute Gasteiger partial charge is 0.394 e. The molecular formula is C12H16BrNO2. The van der Waals surface area contributed by atoms with Crippen molar-refractivity contribution in [1.82, 2.24) is 4.90 Å². The Morgan fingerprint density at radius 1 is 1.44 bits per heavy atom. The van der Waals surface area contributed by atoms with Crippen molar-refractivity contribution < 1.29 is 9.84 Å². The van der Waals surface area contributed by atoms with Crippen molar-refractivity contribution in [2.45, 2.75) is 12.6 Å². The lowest BCUT2D eigenvalue weighted by Crippen LogP contribution is -2.43. The molecule has 1 N–H and O–H groups in total. The van der Waals surface area contributed by atoms with Gasteiger partial charge in [-0.2, -0.15) is 0 Å². The fourth-order valence-electron chi connectivity index (χ4n) is 1.90. The summed E-state index contributed by atoms with van der Waals surface area (Å²) in [7, 11) is 0. The predicted octanol–water partition coefficient (Wildman–Crippen LogP) is 1.64. The van der Waals surface area contributed by atoms with Gasteiger partial charge >= 0.3 is 0 Å². The Labute approximate surface area is 104 Å². The Morgan fingerprint density at radius 3 is 3.00 bits per heavy atom. The first kappa shape index (κ1) is 12.0. The van der Waals surface area contributed by atoms with Gasteiger partial charge in [-0.1, -0.05) is 34.1 Å². The van der Waals surface area contributed by atoms with E-state index in [0.717, 1.165) is 24.1 Å². The van der Waals surface area contributed by atoms with E-state index in [4.69, 9.17) is 9.84 Å². The molecule has 0 aromatic heterocycles. The van der Waals surface area contributed by atoms with Gasteiger partial charge in [-0.3, -0.25) is 4.90 Å². The third kappa shape index (κ3) is 3.04. The zero-order valence-corrected chi connectivity index (χ0v) is 10.7. The molecule has 1 aliphatic heterocycles. The van der Waals surface area contributed by atoms with Crippen molar-refractivity contribution >= 4 is 15.9 Å². The van der Waals surface area contributed by atoms with Gasteiger partial charge in [-0.05, 0) is 11.6 Å². The van der Waals surface area contributed by atoms with Gasteiger partial charge < -0.3 is 9.84 Å². The molecule has 0 radical (unpaired) electrons. The molecule has 0 saturated carbocycles. The first-order chi connectivity index (χ1) is 7.79. The van der Waals surface area contributed by atoms with Crippen LogP contribution >= 0.6 is 15.9 Å². The van der Waals surface area contributed by atoms with Crippen molar-refractivity contribution in [3.05, 3.63) is 34.3 Å². The number of benzene rings is 1. The SMILES string of the molecule is OCC1CN(Cc2ccccc2Br)CCO1. The highest BCUT2D eigenvalue weighted by molar-refractivity contribution is 9.10. The predicted molar refractivity (Wildman–Crippen MR) is 66.2 cm³/mol. The molecule has 4 heteroatoms. The number of aliphatic hydroxyl groups excluding tert-OH is 1. The molecule has 0 amide bonds. The van der Waals surface area contributed by atoms with E-state index in [1.165, 1.54) is 5.56 Å². The van der Waals surface area contributed by atoms with Gasteiger partial charge in [-0.15, -0.1) is 0 Å². The third-order valence-corrected chi connectivity index (χ3v) is 3.55. The summed E-state index contributed by atoms with van der Waals surface area (Å²) in [6.45, 7) is 3.44. The van der Waals surface area contributed by atoms with Gasteiger partial charge in [0, 0.05) is 24.1 Å². The molecule has 3 nitrogen and oxygen atoms in total. The number of aliphatic hydroxyl groups is 1. The molecule has 16 heavy (non-hydrogen) atoms. The van der Waals surface area contributed by atoms with Crippen LogP contribution in [0.2, 0.25) is 0 Å². The van der Waals surface area contributed by atoms with Crippen LogP contribution in [0.3, 0.4) is 0 Å². The highest BCUT2D eigenvalue weighted by atomic mass is 79.9. The Balaban J connectivity index is 1.97. The standard InChI is InChI=1S/C12H16BrNO2/c13-12-4-2-1-3-10(12)7-14-5-6-16-11(8-14)9-15/h1-4,11,15H,5-9H2. The molecule has 1 heterocycles. The van der Waals surface area contributed by atoms with E-state index < -0.39 is 0 Å².